The van der Waals surface area contributed by atoms with E-state index in [4.69, 9.17) is 11.6 Å². The number of hydrogen-bond donors (Lipinski definition) is 1. The van der Waals surface area contributed by atoms with Gasteiger partial charge < -0.3 is 10.2 Å². The second kappa shape index (κ2) is 6.01. The van der Waals surface area contributed by atoms with E-state index in [2.05, 4.69) is 17.4 Å². The number of halogens is 1. The van der Waals surface area contributed by atoms with Gasteiger partial charge in [-0.3, -0.25) is 4.79 Å². The maximum atomic E-state index is 11.8. The largest absolute Gasteiger partial charge is 0.378 e. The Morgan fingerprint density at radius 1 is 1.18 bits per heavy atom. The Labute approximate surface area is 135 Å². The topological polar surface area (TPSA) is 32.3 Å². The fourth-order valence-corrected chi connectivity index (χ4v) is 3.14. The van der Waals surface area contributed by atoms with Crippen molar-refractivity contribution in [3.63, 3.8) is 0 Å². The molecule has 0 aliphatic carbocycles. The van der Waals surface area contributed by atoms with Crippen LogP contribution in [0.1, 0.15) is 36.6 Å². The minimum absolute atomic E-state index is 0.0793. The summed E-state index contributed by atoms with van der Waals surface area (Å²) < 4.78 is 0. The number of carbonyl (C=O) groups excluding carboxylic acids is 1. The Morgan fingerprint density at radius 3 is 2.55 bits per heavy atom. The molecule has 3 rings (SSSR count). The molecule has 0 aromatic heterocycles. The van der Waals surface area contributed by atoms with Crippen molar-refractivity contribution in [1.82, 2.24) is 4.90 Å². The van der Waals surface area contributed by atoms with Crippen LogP contribution in [0.5, 0.6) is 0 Å². The van der Waals surface area contributed by atoms with Crippen molar-refractivity contribution in [2.45, 2.75) is 25.4 Å². The Bertz CT molecular complexity index is 684. The van der Waals surface area contributed by atoms with Gasteiger partial charge in [0.15, 0.2) is 0 Å². The number of amides is 1. The lowest BCUT2D eigenvalue weighted by molar-refractivity contribution is -0.130. The summed E-state index contributed by atoms with van der Waals surface area (Å²) in [6.45, 7) is 1.61. The standard InChI is InChI=1S/C18H19ClN2O/c1-12(22)21(2)18-11-17(13-7-9-14(19)10-8-13)20-16-6-4-3-5-15(16)18/h3-10,17-18,20H,11H2,1-2H3/t17-,18-/m0/s1. The van der Waals surface area contributed by atoms with E-state index in [1.165, 1.54) is 11.1 Å². The van der Waals surface area contributed by atoms with Crippen LogP contribution in [0, 0.1) is 0 Å². The molecule has 1 amide bonds. The van der Waals surface area contributed by atoms with Crippen LogP contribution in [0.15, 0.2) is 48.5 Å². The van der Waals surface area contributed by atoms with Crippen LogP contribution >= 0.6 is 11.6 Å². The third-order valence-electron chi connectivity index (χ3n) is 4.35. The van der Waals surface area contributed by atoms with Gasteiger partial charge in [-0.15, -0.1) is 0 Å². The highest BCUT2D eigenvalue weighted by Crippen LogP contribution is 2.41. The quantitative estimate of drug-likeness (QED) is 0.890. The van der Waals surface area contributed by atoms with Crippen molar-refractivity contribution in [2.24, 2.45) is 0 Å². The van der Waals surface area contributed by atoms with Gasteiger partial charge in [0.25, 0.3) is 0 Å². The molecule has 1 heterocycles. The number of nitrogens with zero attached hydrogens (tertiary/aromatic N) is 1. The molecule has 0 fully saturated rings. The summed E-state index contributed by atoms with van der Waals surface area (Å²) in [6.07, 6.45) is 0.842. The van der Waals surface area contributed by atoms with Crippen molar-refractivity contribution >= 4 is 23.2 Å². The number of para-hydroxylation sites is 1. The van der Waals surface area contributed by atoms with Gasteiger partial charge in [-0.25, -0.2) is 0 Å². The molecule has 1 N–H and O–H groups in total. The molecule has 0 unspecified atom stereocenters. The average Bonchev–Trinajstić information content (AvgIpc) is 2.53. The summed E-state index contributed by atoms with van der Waals surface area (Å²) in [5.74, 6) is 0.0801. The van der Waals surface area contributed by atoms with Crippen molar-refractivity contribution in [1.29, 1.82) is 0 Å². The van der Waals surface area contributed by atoms with E-state index in [1.54, 1.807) is 6.92 Å². The summed E-state index contributed by atoms with van der Waals surface area (Å²) in [7, 11) is 1.87. The first-order chi connectivity index (χ1) is 10.6. The predicted octanol–water partition coefficient (Wildman–Crippen LogP) is 4.42. The van der Waals surface area contributed by atoms with Crippen LogP contribution in [0.3, 0.4) is 0 Å². The molecular formula is C18H19ClN2O. The maximum Gasteiger partial charge on any atom is 0.219 e. The van der Waals surface area contributed by atoms with Crippen LogP contribution in [0.2, 0.25) is 5.02 Å². The third kappa shape index (κ3) is 2.81. The van der Waals surface area contributed by atoms with E-state index in [1.807, 2.05) is 48.3 Å². The number of rotatable bonds is 2. The molecule has 2 aromatic rings. The van der Waals surface area contributed by atoms with Crippen LogP contribution in [-0.2, 0) is 4.79 Å². The van der Waals surface area contributed by atoms with Crippen molar-refractivity contribution in [2.75, 3.05) is 12.4 Å². The van der Waals surface area contributed by atoms with Gasteiger partial charge in [0.2, 0.25) is 5.91 Å². The molecule has 3 nitrogen and oxygen atoms in total. The van der Waals surface area contributed by atoms with Gasteiger partial charge in [-0.1, -0.05) is 41.9 Å². The fourth-order valence-electron chi connectivity index (χ4n) is 3.02. The summed E-state index contributed by atoms with van der Waals surface area (Å²) in [4.78, 5) is 13.7. The van der Waals surface area contributed by atoms with Gasteiger partial charge >= 0.3 is 0 Å². The van der Waals surface area contributed by atoms with E-state index < -0.39 is 0 Å². The third-order valence-corrected chi connectivity index (χ3v) is 4.60. The van der Waals surface area contributed by atoms with Crippen LogP contribution < -0.4 is 5.32 Å². The highest BCUT2D eigenvalue weighted by atomic mass is 35.5. The van der Waals surface area contributed by atoms with Crippen molar-refractivity contribution in [3.05, 3.63) is 64.7 Å². The molecule has 2 atom stereocenters. The van der Waals surface area contributed by atoms with Crippen LogP contribution in [0.4, 0.5) is 5.69 Å². The molecule has 22 heavy (non-hydrogen) atoms. The van der Waals surface area contributed by atoms with Gasteiger partial charge in [0, 0.05) is 24.7 Å². The summed E-state index contributed by atoms with van der Waals surface area (Å²) in [5, 5.41) is 4.31. The smallest absolute Gasteiger partial charge is 0.219 e. The zero-order valence-corrected chi connectivity index (χ0v) is 13.5. The zero-order valence-electron chi connectivity index (χ0n) is 12.7. The van der Waals surface area contributed by atoms with Gasteiger partial charge in [-0.2, -0.15) is 0 Å². The molecule has 1 aliphatic rings. The van der Waals surface area contributed by atoms with E-state index in [9.17, 15) is 4.79 Å². The Hall–Kier alpha value is -2.00. The molecule has 0 bridgehead atoms. The SMILES string of the molecule is CC(=O)N(C)[C@H]1C[C@@H](c2ccc(Cl)cc2)Nc2ccccc21. The normalized spacial score (nSPS) is 20.0. The fraction of sp³-hybridized carbons (Fsp3) is 0.278. The minimum atomic E-state index is 0.0793. The van der Waals surface area contributed by atoms with Crippen LogP contribution in [0.25, 0.3) is 0 Å². The van der Waals surface area contributed by atoms with E-state index >= 15 is 0 Å². The molecular weight excluding hydrogens is 296 g/mol. The Balaban J connectivity index is 1.97. The average molecular weight is 315 g/mol. The summed E-state index contributed by atoms with van der Waals surface area (Å²) in [6, 6.07) is 16.3. The van der Waals surface area contributed by atoms with Gasteiger partial charge in [0.05, 0.1) is 12.1 Å². The van der Waals surface area contributed by atoms with Crippen molar-refractivity contribution in [3.8, 4) is 0 Å². The molecule has 0 saturated carbocycles. The maximum absolute atomic E-state index is 11.8. The molecule has 4 heteroatoms. The Morgan fingerprint density at radius 2 is 1.86 bits per heavy atom. The van der Waals surface area contributed by atoms with E-state index in [0.29, 0.717) is 0 Å². The first-order valence-electron chi connectivity index (χ1n) is 7.40. The summed E-state index contributed by atoms with van der Waals surface area (Å²) in [5.41, 5.74) is 3.44. The lowest BCUT2D eigenvalue weighted by atomic mass is 9.88. The highest BCUT2D eigenvalue weighted by Gasteiger charge is 2.30. The van der Waals surface area contributed by atoms with Crippen molar-refractivity contribution < 1.29 is 4.79 Å². The van der Waals surface area contributed by atoms with E-state index in [-0.39, 0.29) is 18.0 Å². The predicted molar refractivity (Wildman–Crippen MR) is 90.1 cm³/mol. The molecule has 0 radical (unpaired) electrons. The molecule has 0 saturated heterocycles. The number of anilines is 1. The first-order valence-corrected chi connectivity index (χ1v) is 7.78. The summed E-state index contributed by atoms with van der Waals surface area (Å²) >= 11 is 5.98. The van der Waals surface area contributed by atoms with E-state index in [0.717, 1.165) is 17.1 Å². The molecule has 0 spiro atoms. The van der Waals surface area contributed by atoms with Gasteiger partial charge in [-0.05, 0) is 35.7 Å². The first kappa shape index (κ1) is 14.9. The van der Waals surface area contributed by atoms with Crippen LogP contribution in [-0.4, -0.2) is 17.9 Å². The molecule has 1 aliphatic heterocycles. The molecule has 114 valence electrons. The monoisotopic (exact) mass is 314 g/mol. The lowest BCUT2D eigenvalue weighted by Gasteiger charge is -2.38. The highest BCUT2D eigenvalue weighted by molar-refractivity contribution is 6.30. The van der Waals surface area contributed by atoms with Gasteiger partial charge in [0.1, 0.15) is 0 Å². The second-order valence-electron chi connectivity index (χ2n) is 5.72. The lowest BCUT2D eigenvalue weighted by Crippen LogP contribution is -2.34. The minimum Gasteiger partial charge on any atom is -0.378 e. The number of hydrogen-bond acceptors (Lipinski definition) is 2. The Kier molecular flexibility index (Phi) is 4.08. The number of fused-ring (bicyclic) bond motifs is 1. The number of carbonyl (C=O) groups is 1. The number of benzene rings is 2. The molecule has 2 aromatic carbocycles. The zero-order chi connectivity index (χ0) is 15.7. The second-order valence-corrected chi connectivity index (χ2v) is 6.15. The number of nitrogens with one attached hydrogen (secondary N) is 1.